The predicted molar refractivity (Wildman–Crippen MR) is 59.5 cm³/mol. The Morgan fingerprint density at radius 3 is 3.00 bits per heavy atom. The fourth-order valence-electron chi connectivity index (χ4n) is 1.63. The lowest BCUT2D eigenvalue weighted by Gasteiger charge is -2.30. The Morgan fingerprint density at radius 2 is 2.29 bits per heavy atom. The molecule has 0 unspecified atom stereocenters. The average molecular weight is 239 g/mol. The summed E-state index contributed by atoms with van der Waals surface area (Å²) in [7, 11) is 1.54. The zero-order chi connectivity index (χ0) is 12.4. The Labute approximate surface area is 97.2 Å². The molecule has 0 aromatic carbocycles. The molecular formula is C10H13N3O4. The standard InChI is InChI=1S/C10H13N3O4/c1-17-5-4-12-6-11-13-3-2-7(14)9(15)8(13)10(12)16/h2-3,11,15H,4-6H2,1H3. The average Bonchev–Trinajstić information content (AvgIpc) is 2.33. The van der Waals surface area contributed by atoms with Crippen LogP contribution in [-0.4, -0.2) is 47.5 Å². The molecule has 0 spiro atoms. The van der Waals surface area contributed by atoms with E-state index in [0.717, 1.165) is 0 Å². The van der Waals surface area contributed by atoms with Crippen LogP contribution in [0.25, 0.3) is 0 Å². The lowest BCUT2D eigenvalue weighted by atomic mass is 10.2. The van der Waals surface area contributed by atoms with Gasteiger partial charge in [0.1, 0.15) is 6.67 Å². The zero-order valence-corrected chi connectivity index (χ0v) is 9.34. The molecule has 0 bridgehead atoms. The number of nitrogens with one attached hydrogen (secondary N) is 1. The van der Waals surface area contributed by atoms with Crippen LogP contribution in [0.1, 0.15) is 10.5 Å². The maximum Gasteiger partial charge on any atom is 0.277 e. The number of carbonyl (C=O) groups excluding carboxylic acids is 1. The summed E-state index contributed by atoms with van der Waals surface area (Å²) in [6.07, 6.45) is 1.42. The number of nitrogens with zero attached hydrogens (tertiary/aromatic N) is 2. The van der Waals surface area contributed by atoms with Crippen LogP contribution in [0.4, 0.5) is 0 Å². The van der Waals surface area contributed by atoms with Crippen molar-refractivity contribution in [3.63, 3.8) is 0 Å². The van der Waals surface area contributed by atoms with Gasteiger partial charge in [-0.3, -0.25) is 14.3 Å². The molecule has 17 heavy (non-hydrogen) atoms. The highest BCUT2D eigenvalue weighted by molar-refractivity contribution is 5.95. The maximum absolute atomic E-state index is 12.0. The van der Waals surface area contributed by atoms with Crippen molar-refractivity contribution in [3.8, 4) is 5.75 Å². The molecule has 2 N–H and O–H groups in total. The minimum Gasteiger partial charge on any atom is -0.502 e. The number of fused-ring (bicyclic) bond motifs is 1. The number of aromatic nitrogens is 1. The SMILES string of the molecule is COCCN1CNn2ccc(=O)c(O)c2C1=O. The molecule has 0 aliphatic carbocycles. The van der Waals surface area contributed by atoms with Gasteiger partial charge >= 0.3 is 0 Å². The Bertz CT molecular complexity index is 497. The molecule has 0 atom stereocenters. The topological polar surface area (TPSA) is 83.8 Å². The summed E-state index contributed by atoms with van der Waals surface area (Å²) in [4.78, 5) is 24.7. The molecule has 1 amide bonds. The normalized spacial score (nSPS) is 14.4. The molecule has 7 nitrogen and oxygen atoms in total. The van der Waals surface area contributed by atoms with E-state index in [1.807, 2.05) is 0 Å². The van der Waals surface area contributed by atoms with Gasteiger partial charge in [-0.05, 0) is 0 Å². The fourth-order valence-corrected chi connectivity index (χ4v) is 1.63. The Balaban J connectivity index is 2.34. The molecule has 1 aromatic heterocycles. The Morgan fingerprint density at radius 1 is 1.53 bits per heavy atom. The summed E-state index contributed by atoms with van der Waals surface area (Å²) < 4.78 is 6.23. The first-order valence-corrected chi connectivity index (χ1v) is 5.12. The number of hydrogen-bond acceptors (Lipinski definition) is 5. The number of methoxy groups -OCH3 is 1. The molecule has 92 valence electrons. The van der Waals surface area contributed by atoms with Crippen molar-refractivity contribution in [3.05, 3.63) is 28.2 Å². The number of aromatic hydroxyl groups is 1. The van der Waals surface area contributed by atoms with Gasteiger partial charge in [0.2, 0.25) is 5.43 Å². The van der Waals surface area contributed by atoms with Gasteiger partial charge in [-0.15, -0.1) is 0 Å². The number of hydrogen-bond donors (Lipinski definition) is 2. The van der Waals surface area contributed by atoms with E-state index in [0.29, 0.717) is 19.8 Å². The number of carbonyl (C=O) groups is 1. The van der Waals surface area contributed by atoms with Gasteiger partial charge in [-0.1, -0.05) is 0 Å². The van der Waals surface area contributed by atoms with Crippen molar-refractivity contribution < 1.29 is 14.6 Å². The van der Waals surface area contributed by atoms with Crippen LogP contribution < -0.4 is 10.9 Å². The monoisotopic (exact) mass is 239 g/mol. The summed E-state index contributed by atoms with van der Waals surface area (Å²) in [5, 5.41) is 9.60. The van der Waals surface area contributed by atoms with Crippen LogP contribution in [0.2, 0.25) is 0 Å². The van der Waals surface area contributed by atoms with E-state index in [2.05, 4.69) is 5.43 Å². The summed E-state index contributed by atoms with van der Waals surface area (Å²) in [6, 6.07) is 1.20. The highest BCUT2D eigenvalue weighted by Gasteiger charge is 2.27. The molecular weight excluding hydrogens is 226 g/mol. The molecule has 7 heteroatoms. The van der Waals surface area contributed by atoms with E-state index >= 15 is 0 Å². The fraction of sp³-hybridized carbons (Fsp3) is 0.400. The van der Waals surface area contributed by atoms with Gasteiger partial charge in [-0.25, -0.2) is 0 Å². The van der Waals surface area contributed by atoms with Crippen molar-refractivity contribution in [2.24, 2.45) is 0 Å². The number of rotatable bonds is 3. The minimum atomic E-state index is -0.569. The van der Waals surface area contributed by atoms with Crippen molar-refractivity contribution in [1.29, 1.82) is 0 Å². The highest BCUT2D eigenvalue weighted by Crippen LogP contribution is 2.16. The van der Waals surface area contributed by atoms with Crippen molar-refractivity contribution >= 4 is 5.91 Å². The number of ether oxygens (including phenoxy) is 1. The number of pyridine rings is 1. The van der Waals surface area contributed by atoms with E-state index in [4.69, 9.17) is 4.74 Å². The van der Waals surface area contributed by atoms with Crippen LogP contribution in [0.5, 0.6) is 5.75 Å². The van der Waals surface area contributed by atoms with Crippen molar-refractivity contribution in [2.45, 2.75) is 0 Å². The molecule has 2 heterocycles. The quantitative estimate of drug-likeness (QED) is 0.718. The second kappa shape index (κ2) is 4.46. The second-order valence-corrected chi connectivity index (χ2v) is 3.62. The maximum atomic E-state index is 12.0. The molecule has 0 fully saturated rings. The first kappa shape index (κ1) is 11.5. The molecule has 1 aliphatic heterocycles. The van der Waals surface area contributed by atoms with Gasteiger partial charge < -0.3 is 20.2 Å². The zero-order valence-electron chi connectivity index (χ0n) is 9.34. The third-order valence-corrected chi connectivity index (χ3v) is 2.56. The van der Waals surface area contributed by atoms with Crippen molar-refractivity contribution in [2.75, 3.05) is 32.4 Å². The molecule has 1 aliphatic rings. The van der Waals surface area contributed by atoms with E-state index in [1.54, 1.807) is 0 Å². The van der Waals surface area contributed by atoms with Crippen LogP contribution in [0.15, 0.2) is 17.1 Å². The number of amides is 1. The first-order valence-electron chi connectivity index (χ1n) is 5.12. The summed E-state index contributed by atoms with van der Waals surface area (Å²) in [6.45, 7) is 1.09. The van der Waals surface area contributed by atoms with Gasteiger partial charge in [0.05, 0.1) is 6.61 Å². The van der Waals surface area contributed by atoms with Gasteiger partial charge in [0.25, 0.3) is 5.91 Å². The third kappa shape index (κ3) is 1.96. The predicted octanol–water partition coefficient (Wildman–Crippen LogP) is -0.843. The summed E-state index contributed by atoms with van der Waals surface area (Å²) in [5.74, 6) is -0.928. The van der Waals surface area contributed by atoms with E-state index in [1.165, 1.54) is 28.9 Å². The lowest BCUT2D eigenvalue weighted by Crippen LogP contribution is -2.47. The molecule has 2 rings (SSSR count). The molecule has 0 saturated heterocycles. The van der Waals surface area contributed by atoms with Crippen LogP contribution in [0, 0.1) is 0 Å². The van der Waals surface area contributed by atoms with Gasteiger partial charge in [-0.2, -0.15) is 0 Å². The van der Waals surface area contributed by atoms with E-state index < -0.39 is 17.1 Å². The summed E-state index contributed by atoms with van der Waals surface area (Å²) >= 11 is 0. The van der Waals surface area contributed by atoms with Crippen LogP contribution in [-0.2, 0) is 4.74 Å². The van der Waals surface area contributed by atoms with Crippen LogP contribution >= 0.6 is 0 Å². The van der Waals surface area contributed by atoms with Crippen LogP contribution in [0.3, 0.4) is 0 Å². The van der Waals surface area contributed by atoms with Gasteiger partial charge in [0.15, 0.2) is 11.4 Å². The van der Waals surface area contributed by atoms with Crippen molar-refractivity contribution in [1.82, 2.24) is 9.58 Å². The Hall–Kier alpha value is -2.02. The lowest BCUT2D eigenvalue weighted by molar-refractivity contribution is 0.0662. The van der Waals surface area contributed by atoms with E-state index in [9.17, 15) is 14.7 Å². The Kier molecular flexibility index (Phi) is 3.01. The second-order valence-electron chi connectivity index (χ2n) is 3.62. The largest absolute Gasteiger partial charge is 0.502 e. The summed E-state index contributed by atoms with van der Waals surface area (Å²) in [5.41, 5.74) is 2.28. The highest BCUT2D eigenvalue weighted by atomic mass is 16.5. The van der Waals surface area contributed by atoms with Gasteiger partial charge in [0, 0.05) is 25.9 Å². The smallest absolute Gasteiger partial charge is 0.277 e. The molecule has 1 aromatic rings. The van der Waals surface area contributed by atoms with E-state index in [-0.39, 0.29) is 5.69 Å². The third-order valence-electron chi connectivity index (χ3n) is 2.56. The molecule has 0 radical (unpaired) electrons. The first-order chi connectivity index (χ1) is 8.15. The molecule has 0 saturated carbocycles. The minimum absolute atomic E-state index is 0.0418.